The number of halogens is 1. The van der Waals surface area contributed by atoms with E-state index in [9.17, 15) is 9.59 Å². The van der Waals surface area contributed by atoms with Crippen LogP contribution in [0.15, 0.2) is 35.3 Å². The minimum atomic E-state index is -0.999. The number of benzene rings is 1. The fourth-order valence-corrected chi connectivity index (χ4v) is 2.87. The van der Waals surface area contributed by atoms with Crippen LogP contribution in [0.4, 0.5) is 0 Å². The van der Waals surface area contributed by atoms with Crippen molar-refractivity contribution >= 4 is 30.2 Å². The molecule has 1 saturated heterocycles. The SMILES string of the molecule is CCC(C)C1(CC)C(=O)NC(=NCc2ccccc2)NC1=O.Cl. The number of carbonyl (C=O) groups is 2. The lowest BCUT2D eigenvalue weighted by Gasteiger charge is -2.38. The van der Waals surface area contributed by atoms with Gasteiger partial charge >= 0.3 is 0 Å². The van der Waals surface area contributed by atoms with Crippen molar-refractivity contribution in [1.29, 1.82) is 0 Å². The molecule has 0 spiro atoms. The Morgan fingerprint density at radius 1 is 1.09 bits per heavy atom. The molecule has 23 heavy (non-hydrogen) atoms. The van der Waals surface area contributed by atoms with Crippen molar-refractivity contribution in [1.82, 2.24) is 10.6 Å². The number of guanidine groups is 1. The minimum Gasteiger partial charge on any atom is -0.295 e. The summed E-state index contributed by atoms with van der Waals surface area (Å²) in [6.45, 7) is 6.22. The molecule has 1 aliphatic rings. The van der Waals surface area contributed by atoms with E-state index in [1.54, 1.807) is 0 Å². The first-order valence-corrected chi connectivity index (χ1v) is 7.75. The number of hydrogen-bond donors (Lipinski definition) is 2. The average Bonchev–Trinajstić information content (AvgIpc) is 2.54. The Balaban J connectivity index is 0.00000264. The lowest BCUT2D eigenvalue weighted by molar-refractivity contribution is -0.147. The third-order valence-electron chi connectivity index (χ3n) is 4.55. The summed E-state index contributed by atoms with van der Waals surface area (Å²) in [7, 11) is 0. The van der Waals surface area contributed by atoms with E-state index in [0.29, 0.717) is 13.0 Å². The van der Waals surface area contributed by atoms with Gasteiger partial charge in [0.25, 0.3) is 0 Å². The predicted octanol–water partition coefficient (Wildman–Crippen LogP) is 2.65. The lowest BCUT2D eigenvalue weighted by atomic mass is 9.70. The monoisotopic (exact) mass is 337 g/mol. The van der Waals surface area contributed by atoms with Crippen molar-refractivity contribution in [3.63, 3.8) is 0 Å². The van der Waals surface area contributed by atoms with Crippen LogP contribution in [0.5, 0.6) is 0 Å². The summed E-state index contributed by atoms with van der Waals surface area (Å²) in [5.41, 5.74) is 0.0216. The zero-order chi connectivity index (χ0) is 16.2. The number of carbonyl (C=O) groups excluding carboxylic acids is 2. The molecule has 2 N–H and O–H groups in total. The summed E-state index contributed by atoms with van der Waals surface area (Å²) in [6, 6.07) is 9.69. The van der Waals surface area contributed by atoms with Gasteiger partial charge in [0.05, 0.1) is 6.54 Å². The van der Waals surface area contributed by atoms with Crippen LogP contribution < -0.4 is 10.6 Å². The molecule has 0 saturated carbocycles. The van der Waals surface area contributed by atoms with Crippen LogP contribution in [0.1, 0.15) is 39.2 Å². The molecule has 0 aromatic heterocycles. The van der Waals surface area contributed by atoms with Crippen molar-refractivity contribution in [2.45, 2.75) is 40.2 Å². The van der Waals surface area contributed by atoms with Crippen LogP contribution >= 0.6 is 12.4 Å². The second-order valence-corrected chi connectivity index (χ2v) is 5.69. The second kappa shape index (κ2) is 8.11. The quantitative estimate of drug-likeness (QED) is 0.811. The fourth-order valence-electron chi connectivity index (χ4n) is 2.87. The molecule has 0 bridgehead atoms. The van der Waals surface area contributed by atoms with E-state index >= 15 is 0 Å². The maximum atomic E-state index is 12.5. The summed E-state index contributed by atoms with van der Waals surface area (Å²) < 4.78 is 0. The number of nitrogens with zero attached hydrogens (tertiary/aromatic N) is 1. The molecule has 1 atom stereocenters. The third-order valence-corrected chi connectivity index (χ3v) is 4.55. The zero-order valence-electron chi connectivity index (χ0n) is 13.8. The maximum Gasteiger partial charge on any atom is 0.242 e. The van der Waals surface area contributed by atoms with E-state index in [2.05, 4.69) is 15.6 Å². The molecular formula is C17H24ClN3O2. The Labute approximate surface area is 143 Å². The number of amides is 2. The molecule has 0 radical (unpaired) electrons. The highest BCUT2D eigenvalue weighted by Gasteiger charge is 2.51. The number of hydrogen-bond acceptors (Lipinski definition) is 3. The Bertz CT molecular complexity index is 567. The highest BCUT2D eigenvalue weighted by molar-refractivity contribution is 6.20. The number of rotatable bonds is 5. The smallest absolute Gasteiger partial charge is 0.242 e. The first kappa shape index (κ1) is 19.2. The Morgan fingerprint density at radius 3 is 2.13 bits per heavy atom. The fraction of sp³-hybridized carbons (Fsp3) is 0.471. The summed E-state index contributed by atoms with van der Waals surface area (Å²) in [6.07, 6.45) is 1.25. The summed E-state index contributed by atoms with van der Waals surface area (Å²) in [5, 5.41) is 5.51. The molecule has 1 aromatic carbocycles. The van der Waals surface area contributed by atoms with Gasteiger partial charge in [-0.1, -0.05) is 57.5 Å². The van der Waals surface area contributed by atoms with E-state index in [-0.39, 0.29) is 36.1 Å². The molecular weight excluding hydrogens is 314 g/mol. The van der Waals surface area contributed by atoms with Crippen molar-refractivity contribution in [3.05, 3.63) is 35.9 Å². The molecule has 1 unspecified atom stereocenters. The molecule has 1 aliphatic heterocycles. The van der Waals surface area contributed by atoms with Gasteiger partial charge in [-0.15, -0.1) is 12.4 Å². The predicted molar refractivity (Wildman–Crippen MR) is 93.3 cm³/mol. The van der Waals surface area contributed by atoms with E-state index in [0.717, 1.165) is 12.0 Å². The highest BCUT2D eigenvalue weighted by atomic mass is 35.5. The first-order chi connectivity index (χ1) is 10.5. The van der Waals surface area contributed by atoms with E-state index < -0.39 is 5.41 Å². The molecule has 5 nitrogen and oxygen atoms in total. The molecule has 1 aromatic rings. The molecule has 2 amide bonds. The molecule has 1 heterocycles. The Morgan fingerprint density at radius 2 is 1.65 bits per heavy atom. The van der Waals surface area contributed by atoms with Crippen LogP contribution in [0.3, 0.4) is 0 Å². The maximum absolute atomic E-state index is 12.5. The van der Waals surface area contributed by atoms with Crippen LogP contribution in [-0.2, 0) is 16.1 Å². The van der Waals surface area contributed by atoms with E-state index in [1.165, 1.54) is 0 Å². The van der Waals surface area contributed by atoms with Crippen LogP contribution in [0, 0.1) is 11.3 Å². The molecule has 0 aliphatic carbocycles. The van der Waals surface area contributed by atoms with Gasteiger partial charge in [0.2, 0.25) is 17.8 Å². The van der Waals surface area contributed by atoms with Crippen LogP contribution in [-0.4, -0.2) is 17.8 Å². The lowest BCUT2D eigenvalue weighted by Crippen LogP contribution is -2.64. The average molecular weight is 338 g/mol. The standard InChI is InChI=1S/C17H23N3O2.ClH/c1-4-12(3)17(5-2)14(21)19-16(20-15(17)22)18-11-13-9-7-6-8-10-13;/h6-10,12H,4-5,11H2,1-3H3,(H2,18,19,20,21,22);1H. The van der Waals surface area contributed by atoms with Gasteiger partial charge in [-0.2, -0.15) is 0 Å². The van der Waals surface area contributed by atoms with Crippen molar-refractivity contribution in [2.75, 3.05) is 0 Å². The van der Waals surface area contributed by atoms with Gasteiger partial charge in [-0.3, -0.25) is 20.2 Å². The van der Waals surface area contributed by atoms with Gasteiger partial charge in [0.15, 0.2) is 0 Å². The van der Waals surface area contributed by atoms with Gasteiger partial charge in [-0.25, -0.2) is 4.99 Å². The molecule has 1 fully saturated rings. The Kier molecular flexibility index (Phi) is 6.76. The summed E-state index contributed by atoms with van der Waals surface area (Å²) >= 11 is 0. The van der Waals surface area contributed by atoms with Crippen LogP contribution in [0.2, 0.25) is 0 Å². The third kappa shape index (κ3) is 3.72. The topological polar surface area (TPSA) is 70.6 Å². The number of nitrogens with one attached hydrogen (secondary N) is 2. The van der Waals surface area contributed by atoms with Crippen LogP contribution in [0.25, 0.3) is 0 Å². The van der Waals surface area contributed by atoms with E-state index in [1.807, 2.05) is 51.1 Å². The summed E-state index contributed by atoms with van der Waals surface area (Å²) in [5.74, 6) is -0.278. The van der Waals surface area contributed by atoms with Crippen molar-refractivity contribution in [3.8, 4) is 0 Å². The van der Waals surface area contributed by atoms with Gasteiger partial charge in [0, 0.05) is 0 Å². The molecule has 2 rings (SSSR count). The van der Waals surface area contributed by atoms with Gasteiger partial charge < -0.3 is 0 Å². The van der Waals surface area contributed by atoms with E-state index in [4.69, 9.17) is 0 Å². The van der Waals surface area contributed by atoms with Gasteiger partial charge in [0.1, 0.15) is 5.41 Å². The normalized spacial score (nSPS) is 21.8. The second-order valence-electron chi connectivity index (χ2n) is 5.69. The van der Waals surface area contributed by atoms with Crippen molar-refractivity contribution < 1.29 is 9.59 Å². The largest absolute Gasteiger partial charge is 0.295 e. The van der Waals surface area contributed by atoms with Gasteiger partial charge in [-0.05, 0) is 17.9 Å². The molecule has 126 valence electrons. The van der Waals surface area contributed by atoms with Crippen molar-refractivity contribution in [2.24, 2.45) is 16.3 Å². The minimum absolute atomic E-state index is 0. The highest BCUT2D eigenvalue weighted by Crippen LogP contribution is 2.35. The summed E-state index contributed by atoms with van der Waals surface area (Å²) in [4.78, 5) is 29.3. The first-order valence-electron chi connectivity index (χ1n) is 7.75. The zero-order valence-corrected chi connectivity index (χ0v) is 14.6. The molecule has 6 heteroatoms. The Hall–Kier alpha value is -1.88. The number of aliphatic imine (C=N–C) groups is 1.